The number of para-hydroxylation sites is 1. The molecule has 2 aromatic carbocycles. The lowest BCUT2D eigenvalue weighted by molar-refractivity contribution is -0.129. The van der Waals surface area contributed by atoms with Gasteiger partial charge in [-0.2, -0.15) is 0 Å². The molecule has 0 aliphatic carbocycles. The minimum Gasteiger partial charge on any atom is -0.337 e. The first-order valence-corrected chi connectivity index (χ1v) is 11.0. The number of amides is 1. The second kappa shape index (κ2) is 7.96. The highest BCUT2D eigenvalue weighted by molar-refractivity contribution is 8.01. The molecule has 0 atom stereocenters. The SMILES string of the molecule is Cc1ccccc1-n1nc(SCC(=O)N2CCc3ccccc3C2)sc1=S. The van der Waals surface area contributed by atoms with Crippen molar-refractivity contribution in [2.45, 2.75) is 24.2 Å². The zero-order valence-electron chi connectivity index (χ0n) is 14.9. The number of nitrogens with zero attached hydrogens (tertiary/aromatic N) is 3. The van der Waals surface area contributed by atoms with Crippen molar-refractivity contribution < 1.29 is 4.79 Å². The third-order valence-electron chi connectivity index (χ3n) is 4.68. The van der Waals surface area contributed by atoms with E-state index in [0.717, 1.165) is 28.6 Å². The highest BCUT2D eigenvalue weighted by Crippen LogP contribution is 2.26. The summed E-state index contributed by atoms with van der Waals surface area (Å²) in [7, 11) is 0. The van der Waals surface area contributed by atoms with E-state index >= 15 is 0 Å². The summed E-state index contributed by atoms with van der Waals surface area (Å²) in [6, 6.07) is 16.4. The summed E-state index contributed by atoms with van der Waals surface area (Å²) in [5, 5.41) is 4.62. The number of rotatable bonds is 4. The minimum absolute atomic E-state index is 0.151. The molecule has 1 aliphatic heterocycles. The average Bonchev–Trinajstić information content (AvgIpc) is 3.06. The van der Waals surface area contributed by atoms with Crippen molar-refractivity contribution in [2.24, 2.45) is 0 Å². The van der Waals surface area contributed by atoms with E-state index < -0.39 is 0 Å². The molecule has 0 saturated carbocycles. The summed E-state index contributed by atoms with van der Waals surface area (Å²) >= 11 is 8.40. The number of hydrogen-bond donors (Lipinski definition) is 0. The molecule has 0 radical (unpaired) electrons. The molecule has 4 nitrogen and oxygen atoms in total. The standard InChI is InChI=1S/C20H19N3OS3/c1-14-6-2-5-9-17(14)23-20(25)27-19(21-23)26-13-18(24)22-11-10-15-7-3-4-8-16(15)12-22/h2-9H,10-13H2,1H3. The Kier molecular flexibility index (Phi) is 5.43. The molecule has 3 aromatic rings. The highest BCUT2D eigenvalue weighted by atomic mass is 32.2. The Morgan fingerprint density at radius 1 is 1.19 bits per heavy atom. The molecule has 27 heavy (non-hydrogen) atoms. The molecule has 0 saturated heterocycles. The van der Waals surface area contributed by atoms with Gasteiger partial charge in [0.25, 0.3) is 0 Å². The van der Waals surface area contributed by atoms with Gasteiger partial charge in [0.1, 0.15) is 0 Å². The monoisotopic (exact) mass is 413 g/mol. The van der Waals surface area contributed by atoms with Gasteiger partial charge in [-0.3, -0.25) is 4.79 Å². The largest absolute Gasteiger partial charge is 0.337 e. The van der Waals surface area contributed by atoms with E-state index in [1.54, 1.807) is 4.68 Å². The normalized spacial score (nSPS) is 13.4. The zero-order valence-corrected chi connectivity index (χ0v) is 17.4. The van der Waals surface area contributed by atoms with Crippen molar-refractivity contribution in [1.29, 1.82) is 0 Å². The van der Waals surface area contributed by atoms with Crippen LogP contribution in [0.25, 0.3) is 5.69 Å². The molecule has 0 bridgehead atoms. The number of benzene rings is 2. The maximum Gasteiger partial charge on any atom is 0.233 e. The van der Waals surface area contributed by atoms with Crippen molar-refractivity contribution in [1.82, 2.24) is 14.7 Å². The van der Waals surface area contributed by atoms with Crippen LogP contribution < -0.4 is 0 Å². The Morgan fingerprint density at radius 3 is 2.74 bits per heavy atom. The first-order chi connectivity index (χ1) is 13.1. The smallest absolute Gasteiger partial charge is 0.233 e. The van der Waals surface area contributed by atoms with Gasteiger partial charge in [-0.25, -0.2) is 4.68 Å². The Hall–Kier alpha value is -1.96. The lowest BCUT2D eigenvalue weighted by atomic mass is 10.00. The van der Waals surface area contributed by atoms with Crippen molar-refractivity contribution >= 4 is 41.2 Å². The van der Waals surface area contributed by atoms with Crippen LogP contribution >= 0.6 is 35.3 Å². The number of fused-ring (bicyclic) bond motifs is 1. The zero-order chi connectivity index (χ0) is 18.8. The summed E-state index contributed by atoms with van der Waals surface area (Å²) in [4.78, 5) is 14.6. The van der Waals surface area contributed by atoms with Crippen LogP contribution in [0.2, 0.25) is 0 Å². The summed E-state index contributed by atoms with van der Waals surface area (Å²) in [5.74, 6) is 0.538. The molecule has 1 aliphatic rings. The van der Waals surface area contributed by atoms with Crippen LogP contribution in [-0.2, 0) is 17.8 Å². The van der Waals surface area contributed by atoms with Crippen LogP contribution in [0.5, 0.6) is 0 Å². The van der Waals surface area contributed by atoms with Gasteiger partial charge in [0.05, 0.1) is 11.4 Å². The van der Waals surface area contributed by atoms with Gasteiger partial charge in [0.2, 0.25) is 5.91 Å². The van der Waals surface area contributed by atoms with Gasteiger partial charge in [-0.15, -0.1) is 5.10 Å². The molecule has 1 aromatic heterocycles. The van der Waals surface area contributed by atoms with Crippen LogP contribution in [-0.4, -0.2) is 32.9 Å². The Labute approximate surface area is 171 Å². The molecule has 0 spiro atoms. The Balaban J connectivity index is 1.43. The number of aromatic nitrogens is 2. The van der Waals surface area contributed by atoms with Crippen molar-refractivity contribution in [3.8, 4) is 5.69 Å². The molecule has 0 unspecified atom stereocenters. The minimum atomic E-state index is 0.151. The van der Waals surface area contributed by atoms with Crippen LogP contribution in [0, 0.1) is 10.9 Å². The van der Waals surface area contributed by atoms with E-state index in [1.165, 1.54) is 34.2 Å². The molecule has 2 heterocycles. The fraction of sp³-hybridized carbons (Fsp3) is 0.250. The van der Waals surface area contributed by atoms with Crippen LogP contribution in [0.3, 0.4) is 0 Å². The molecule has 138 valence electrons. The Bertz CT molecular complexity index is 1040. The maximum atomic E-state index is 12.6. The summed E-state index contributed by atoms with van der Waals surface area (Å²) in [5.41, 5.74) is 4.72. The topological polar surface area (TPSA) is 38.1 Å². The van der Waals surface area contributed by atoms with Crippen LogP contribution in [0.4, 0.5) is 0 Å². The lowest BCUT2D eigenvalue weighted by Crippen LogP contribution is -2.37. The van der Waals surface area contributed by atoms with Gasteiger partial charge >= 0.3 is 0 Å². The van der Waals surface area contributed by atoms with Crippen molar-refractivity contribution in [2.75, 3.05) is 12.3 Å². The van der Waals surface area contributed by atoms with E-state index in [4.69, 9.17) is 12.2 Å². The van der Waals surface area contributed by atoms with Gasteiger partial charge in [0.15, 0.2) is 8.29 Å². The van der Waals surface area contributed by atoms with Gasteiger partial charge < -0.3 is 4.90 Å². The number of hydrogen-bond acceptors (Lipinski definition) is 5. The summed E-state index contributed by atoms with van der Waals surface area (Å²) in [6.07, 6.45) is 0.924. The summed E-state index contributed by atoms with van der Waals surface area (Å²) < 4.78 is 3.32. The van der Waals surface area contributed by atoms with E-state index in [0.29, 0.717) is 16.3 Å². The quantitative estimate of drug-likeness (QED) is 0.461. The summed E-state index contributed by atoms with van der Waals surface area (Å²) in [6.45, 7) is 3.52. The van der Waals surface area contributed by atoms with Gasteiger partial charge in [0, 0.05) is 13.1 Å². The number of thioether (sulfide) groups is 1. The third kappa shape index (κ3) is 4.00. The molecular formula is C20H19N3OS3. The number of aryl methyl sites for hydroxylation is 1. The molecular weight excluding hydrogens is 394 g/mol. The molecule has 7 heteroatoms. The van der Waals surface area contributed by atoms with Crippen molar-refractivity contribution in [3.63, 3.8) is 0 Å². The van der Waals surface area contributed by atoms with E-state index in [1.807, 2.05) is 42.2 Å². The predicted molar refractivity (Wildman–Crippen MR) is 113 cm³/mol. The van der Waals surface area contributed by atoms with Gasteiger partial charge in [-0.05, 0) is 48.3 Å². The molecule has 0 fully saturated rings. The fourth-order valence-electron chi connectivity index (χ4n) is 3.20. The third-order valence-corrected chi connectivity index (χ3v) is 7.03. The number of carbonyl (C=O) groups is 1. The predicted octanol–water partition coefficient (Wildman–Crippen LogP) is 4.65. The molecule has 4 rings (SSSR count). The van der Waals surface area contributed by atoms with Crippen LogP contribution in [0.1, 0.15) is 16.7 Å². The highest BCUT2D eigenvalue weighted by Gasteiger charge is 2.21. The van der Waals surface area contributed by atoms with Crippen molar-refractivity contribution in [3.05, 3.63) is 69.2 Å². The van der Waals surface area contributed by atoms with Gasteiger partial charge in [-0.1, -0.05) is 65.6 Å². The average molecular weight is 414 g/mol. The fourth-order valence-corrected chi connectivity index (χ4v) is 5.45. The van der Waals surface area contributed by atoms with E-state index in [9.17, 15) is 4.79 Å². The van der Waals surface area contributed by atoms with E-state index in [2.05, 4.69) is 23.3 Å². The van der Waals surface area contributed by atoms with Crippen LogP contribution in [0.15, 0.2) is 52.9 Å². The second-order valence-electron chi connectivity index (χ2n) is 6.45. The number of carbonyl (C=O) groups excluding carboxylic acids is 1. The second-order valence-corrected chi connectivity index (χ2v) is 9.30. The molecule has 1 amide bonds. The maximum absolute atomic E-state index is 12.6. The van der Waals surface area contributed by atoms with E-state index in [-0.39, 0.29) is 5.91 Å². The first kappa shape index (κ1) is 18.4. The molecule has 0 N–H and O–H groups in total. The first-order valence-electron chi connectivity index (χ1n) is 8.75. The lowest BCUT2D eigenvalue weighted by Gasteiger charge is -2.28. The Morgan fingerprint density at radius 2 is 1.93 bits per heavy atom.